The maximum Gasteiger partial charge on any atom is 0.433 e. The molecule has 4 heterocycles. The Bertz CT molecular complexity index is 1510. The standard InChI is InChI=1S/C23H20F3N5O2S/c1-30-10-8-14-3-4-15(11-19(14)30)17-13-31(2)22-21(17)18(7-9-27-22)29-34(32,33)16-5-6-20(28-12-16)23(24,25)26/h3-7,9,11-13H,8,10H2,1-2H3,(H,27,29). The number of pyridine rings is 2. The first-order valence-electron chi connectivity index (χ1n) is 10.4. The Labute approximate surface area is 193 Å². The number of rotatable bonds is 4. The normalized spacial score (nSPS) is 14.0. The first kappa shape index (κ1) is 22.2. The van der Waals surface area contributed by atoms with Crippen molar-refractivity contribution < 1.29 is 21.6 Å². The van der Waals surface area contributed by atoms with E-state index in [4.69, 9.17) is 0 Å². The van der Waals surface area contributed by atoms with E-state index < -0.39 is 21.9 Å². The lowest BCUT2D eigenvalue weighted by atomic mass is 10.0. The summed E-state index contributed by atoms with van der Waals surface area (Å²) in [5, 5.41) is 0.592. The molecule has 0 amide bonds. The molecule has 0 saturated heterocycles. The summed E-state index contributed by atoms with van der Waals surface area (Å²) in [6.45, 7) is 0.933. The van der Waals surface area contributed by atoms with Crippen LogP contribution in [0.2, 0.25) is 0 Å². The van der Waals surface area contributed by atoms with Gasteiger partial charge < -0.3 is 9.47 Å². The Kier molecular flexibility index (Phi) is 5.05. The molecule has 176 valence electrons. The Balaban J connectivity index is 1.58. The Morgan fingerprint density at radius 2 is 1.85 bits per heavy atom. The minimum absolute atomic E-state index is 0.273. The fourth-order valence-electron chi connectivity index (χ4n) is 4.22. The number of fused-ring (bicyclic) bond motifs is 2. The lowest BCUT2D eigenvalue weighted by Crippen LogP contribution is -2.15. The van der Waals surface area contributed by atoms with Crippen LogP contribution in [0, 0.1) is 0 Å². The van der Waals surface area contributed by atoms with Gasteiger partial charge in [-0.3, -0.25) is 9.71 Å². The Morgan fingerprint density at radius 3 is 2.56 bits per heavy atom. The number of aryl methyl sites for hydroxylation is 1. The lowest BCUT2D eigenvalue weighted by Gasteiger charge is -2.14. The molecule has 0 aliphatic carbocycles. The molecule has 5 rings (SSSR count). The summed E-state index contributed by atoms with van der Waals surface area (Å²) in [5.41, 5.74) is 3.74. The molecule has 0 fully saturated rings. The lowest BCUT2D eigenvalue weighted by molar-refractivity contribution is -0.141. The van der Waals surface area contributed by atoms with Crippen LogP contribution in [0.5, 0.6) is 0 Å². The summed E-state index contributed by atoms with van der Waals surface area (Å²) >= 11 is 0. The third-order valence-electron chi connectivity index (χ3n) is 5.96. The van der Waals surface area contributed by atoms with Gasteiger partial charge in [-0.25, -0.2) is 13.4 Å². The van der Waals surface area contributed by atoms with Crippen molar-refractivity contribution in [2.24, 2.45) is 7.05 Å². The molecule has 0 saturated carbocycles. The second kappa shape index (κ2) is 7.73. The quantitative estimate of drug-likeness (QED) is 0.460. The summed E-state index contributed by atoms with van der Waals surface area (Å²) < 4.78 is 68.7. The molecule has 3 aromatic heterocycles. The van der Waals surface area contributed by atoms with Crippen molar-refractivity contribution in [1.29, 1.82) is 0 Å². The van der Waals surface area contributed by atoms with Crippen molar-refractivity contribution in [2.75, 3.05) is 23.2 Å². The van der Waals surface area contributed by atoms with Crippen molar-refractivity contribution in [3.8, 4) is 11.1 Å². The zero-order valence-corrected chi connectivity index (χ0v) is 19.1. The molecular weight excluding hydrogens is 467 g/mol. The predicted octanol–water partition coefficient (Wildman–Crippen LogP) is 4.45. The first-order chi connectivity index (χ1) is 16.0. The maximum absolute atomic E-state index is 13.0. The number of alkyl halides is 3. The van der Waals surface area contributed by atoms with Crippen molar-refractivity contribution in [3.05, 3.63) is 66.2 Å². The van der Waals surface area contributed by atoms with Crippen molar-refractivity contribution >= 4 is 32.4 Å². The topological polar surface area (TPSA) is 80.1 Å². The summed E-state index contributed by atoms with van der Waals surface area (Å²) in [6.07, 6.45) is 0.369. The summed E-state index contributed by atoms with van der Waals surface area (Å²) in [6, 6.07) is 9.20. The molecule has 4 aromatic rings. The number of hydrogen-bond acceptors (Lipinski definition) is 5. The molecule has 0 radical (unpaired) electrons. The number of benzene rings is 1. The van der Waals surface area contributed by atoms with Gasteiger partial charge in [0.25, 0.3) is 10.0 Å². The van der Waals surface area contributed by atoms with Gasteiger partial charge in [0.1, 0.15) is 16.2 Å². The van der Waals surface area contributed by atoms with Crippen LogP contribution in [0.25, 0.3) is 22.2 Å². The summed E-state index contributed by atoms with van der Waals surface area (Å²) in [4.78, 5) is 9.46. The molecule has 1 aliphatic heterocycles. The molecule has 7 nitrogen and oxygen atoms in total. The third-order valence-corrected chi connectivity index (χ3v) is 7.31. The minimum Gasteiger partial charge on any atom is -0.374 e. The van der Waals surface area contributed by atoms with Gasteiger partial charge in [0.05, 0.1) is 11.1 Å². The molecule has 0 atom stereocenters. The third kappa shape index (κ3) is 3.75. The molecular formula is C23H20F3N5O2S. The number of anilines is 2. The fraction of sp³-hybridized carbons (Fsp3) is 0.217. The van der Waals surface area contributed by atoms with Gasteiger partial charge in [-0.1, -0.05) is 12.1 Å². The second-order valence-corrected chi connectivity index (χ2v) is 9.89. The van der Waals surface area contributed by atoms with Crippen LogP contribution in [0.1, 0.15) is 11.3 Å². The van der Waals surface area contributed by atoms with Crippen LogP contribution in [-0.4, -0.2) is 36.5 Å². The number of likely N-dealkylation sites (N-methyl/N-ethyl adjacent to an activating group) is 1. The zero-order valence-electron chi connectivity index (χ0n) is 18.3. The van der Waals surface area contributed by atoms with Crippen LogP contribution in [0.15, 0.2) is 59.9 Å². The van der Waals surface area contributed by atoms with Crippen LogP contribution in [0.4, 0.5) is 24.5 Å². The van der Waals surface area contributed by atoms with Gasteiger partial charge in [0.15, 0.2) is 0 Å². The van der Waals surface area contributed by atoms with E-state index in [2.05, 4.69) is 31.7 Å². The van der Waals surface area contributed by atoms with Crippen molar-refractivity contribution in [3.63, 3.8) is 0 Å². The van der Waals surface area contributed by atoms with E-state index in [9.17, 15) is 21.6 Å². The van der Waals surface area contributed by atoms with Gasteiger partial charge in [-0.05, 0) is 41.8 Å². The van der Waals surface area contributed by atoms with Gasteiger partial charge in [-0.2, -0.15) is 13.2 Å². The highest BCUT2D eigenvalue weighted by Gasteiger charge is 2.32. The fourth-order valence-corrected chi connectivity index (χ4v) is 5.24. The smallest absolute Gasteiger partial charge is 0.374 e. The molecule has 11 heteroatoms. The maximum atomic E-state index is 13.0. The predicted molar refractivity (Wildman–Crippen MR) is 123 cm³/mol. The van der Waals surface area contributed by atoms with Crippen molar-refractivity contribution in [1.82, 2.24) is 14.5 Å². The molecule has 0 unspecified atom stereocenters. The van der Waals surface area contributed by atoms with Gasteiger partial charge in [0.2, 0.25) is 0 Å². The van der Waals surface area contributed by atoms with Crippen molar-refractivity contribution in [2.45, 2.75) is 17.5 Å². The zero-order chi connectivity index (χ0) is 24.3. The monoisotopic (exact) mass is 487 g/mol. The van der Waals surface area contributed by atoms with E-state index in [-0.39, 0.29) is 10.6 Å². The molecule has 0 spiro atoms. The first-order valence-corrected chi connectivity index (χ1v) is 11.9. The van der Waals surface area contributed by atoms with E-state index in [1.165, 1.54) is 17.8 Å². The summed E-state index contributed by atoms with van der Waals surface area (Å²) in [5.74, 6) is 0. The average Bonchev–Trinajstić information content (AvgIpc) is 3.33. The molecule has 0 bridgehead atoms. The van der Waals surface area contributed by atoms with E-state index in [1.807, 2.05) is 26.4 Å². The van der Waals surface area contributed by atoms with Gasteiger partial charge >= 0.3 is 6.18 Å². The van der Waals surface area contributed by atoms with Crippen LogP contribution < -0.4 is 9.62 Å². The Hall–Kier alpha value is -3.60. The number of nitrogens with one attached hydrogen (secondary N) is 1. The number of halogens is 3. The number of hydrogen-bond donors (Lipinski definition) is 1. The number of aromatic nitrogens is 3. The SMILES string of the molecule is CN1CCc2ccc(-c3cn(C)c4nccc(NS(=O)(=O)c5ccc(C(F)(F)F)nc5)c34)cc21. The second-order valence-electron chi connectivity index (χ2n) is 8.21. The van der Waals surface area contributed by atoms with Crippen LogP contribution >= 0.6 is 0 Å². The van der Waals surface area contributed by atoms with E-state index in [1.54, 1.807) is 4.57 Å². The van der Waals surface area contributed by atoms with E-state index >= 15 is 0 Å². The summed E-state index contributed by atoms with van der Waals surface area (Å²) in [7, 11) is -0.359. The highest BCUT2D eigenvalue weighted by Crippen LogP contribution is 2.38. The van der Waals surface area contributed by atoms with Gasteiger partial charge in [0, 0.05) is 50.5 Å². The highest BCUT2D eigenvalue weighted by molar-refractivity contribution is 7.92. The molecule has 34 heavy (non-hydrogen) atoms. The molecule has 1 aliphatic rings. The molecule has 1 aromatic carbocycles. The average molecular weight is 488 g/mol. The minimum atomic E-state index is -4.66. The van der Waals surface area contributed by atoms with Crippen LogP contribution in [0.3, 0.4) is 0 Å². The Morgan fingerprint density at radius 1 is 1.06 bits per heavy atom. The highest BCUT2D eigenvalue weighted by atomic mass is 32.2. The van der Waals surface area contributed by atoms with Gasteiger partial charge in [-0.15, -0.1) is 0 Å². The number of sulfonamides is 1. The van der Waals surface area contributed by atoms with Crippen LogP contribution in [-0.2, 0) is 29.7 Å². The largest absolute Gasteiger partial charge is 0.433 e. The number of nitrogens with zero attached hydrogens (tertiary/aromatic N) is 4. The van der Waals surface area contributed by atoms with E-state index in [0.29, 0.717) is 23.3 Å². The van der Waals surface area contributed by atoms with E-state index in [0.717, 1.165) is 35.8 Å². The molecule has 1 N–H and O–H groups in total.